The topological polar surface area (TPSA) is 215 Å². The van der Waals surface area contributed by atoms with Crippen molar-refractivity contribution in [3.05, 3.63) is 246 Å². The Balaban J connectivity index is 0.000000516. The molecule has 8 aromatic rings. The molecule has 10 rings (SSSR count). The molecule has 0 aliphatic carbocycles. The Kier molecular flexibility index (Phi) is 43.2. The minimum absolute atomic E-state index is 0. The first-order valence-electron chi connectivity index (χ1n) is 42.2. The van der Waals surface area contributed by atoms with Gasteiger partial charge in [0, 0.05) is 180 Å². The van der Waals surface area contributed by atoms with Crippen molar-refractivity contribution in [2.24, 2.45) is 32.5 Å². The molecule has 2 saturated heterocycles. The fourth-order valence-electron chi connectivity index (χ4n) is 16.0. The van der Waals surface area contributed by atoms with Crippen LogP contribution in [0.3, 0.4) is 0 Å². The van der Waals surface area contributed by atoms with Gasteiger partial charge < -0.3 is 41.6 Å². The number of aryl methyl sites for hydroxylation is 6. The zero-order valence-electron chi connectivity index (χ0n) is 76.8. The molecule has 0 radical (unpaired) electrons. The predicted octanol–water partition coefficient (Wildman–Crippen LogP) is 18.0. The maximum Gasteiger partial charge on any atom is 0.0228 e. The second-order valence-corrected chi connectivity index (χ2v) is 40.9. The first-order chi connectivity index (χ1) is 53.1. The molecule has 8 aromatic carbocycles. The van der Waals surface area contributed by atoms with Crippen molar-refractivity contribution >= 4 is 0 Å². The van der Waals surface area contributed by atoms with Crippen molar-refractivity contribution in [1.29, 1.82) is 0 Å². The van der Waals surface area contributed by atoms with E-state index < -0.39 is 0 Å². The standard InChI is InChI=1S/2C45H69N3O3.2C6H6.2O.2U/c2*1-31-19-34(25-43(4,5)6)40(49)37(22-31)28-46-13-15-47(29-38-23-32(2)20-35(41(38)50)26-44(7,8)9)17-18-48(16-14-46)30-39-24-33(3)21-36(42(39)51)27-45(10,11)12;2*1-2-4-6-5-3-1;;;;/h2*19-24,49-51H,13-18,25-30H2,1-12H3;2*1-6H;;;;/q;;;;2*-2;;/p-6. The second-order valence-electron chi connectivity index (χ2n) is 40.9. The van der Waals surface area contributed by atoms with Gasteiger partial charge in [-0.1, -0.05) is 337 Å². The molecule has 0 unspecified atom stereocenters. The van der Waals surface area contributed by atoms with Crippen LogP contribution in [0.4, 0.5) is 0 Å². The Morgan fingerprint density at radius 3 is 0.381 bits per heavy atom. The molecule has 2 fully saturated rings. The molecular weight excluding hydrogens is 1910 g/mol. The van der Waals surface area contributed by atoms with E-state index in [0.29, 0.717) is 39.3 Å². The first kappa shape index (κ1) is 107. The molecule has 0 aromatic heterocycles. The Morgan fingerprint density at radius 1 is 0.195 bits per heavy atom. The van der Waals surface area contributed by atoms with E-state index in [0.717, 1.165) is 217 Å². The average Bonchev–Trinajstić information content (AvgIpc) is 1.18. The van der Waals surface area contributed by atoms with Crippen LogP contribution in [0, 0.1) is 136 Å². The first-order valence-corrected chi connectivity index (χ1v) is 42.2. The van der Waals surface area contributed by atoms with Crippen LogP contribution in [0.25, 0.3) is 0 Å². The fraction of sp³-hybridized carbons (Fsp3) is 0.529. The normalized spacial score (nSPS) is 14.8. The van der Waals surface area contributed by atoms with E-state index in [1.165, 1.54) is 0 Å². The molecule has 14 nitrogen and oxygen atoms in total. The van der Waals surface area contributed by atoms with E-state index in [1.54, 1.807) is 0 Å². The summed E-state index contributed by atoms with van der Waals surface area (Å²) in [6, 6.07) is 48.8. The average molecular weight is 2060 g/mol. The van der Waals surface area contributed by atoms with E-state index in [2.05, 4.69) is 268 Å². The van der Waals surface area contributed by atoms with Gasteiger partial charge in [-0.25, -0.2) is 0 Å². The van der Waals surface area contributed by atoms with Crippen LogP contribution in [-0.2, 0) is 88.7 Å². The predicted molar refractivity (Wildman–Crippen MR) is 469 cm³/mol. The van der Waals surface area contributed by atoms with Gasteiger partial charge in [0.2, 0.25) is 0 Å². The summed E-state index contributed by atoms with van der Waals surface area (Å²) in [6.45, 7) is 64.8. The van der Waals surface area contributed by atoms with Crippen molar-refractivity contribution in [2.45, 2.75) is 244 Å². The third-order valence-corrected chi connectivity index (χ3v) is 20.7. The number of nitrogens with zero attached hydrogens (tertiary/aromatic N) is 6. The van der Waals surface area contributed by atoms with Gasteiger partial charge in [-0.05, 0) is 146 Å². The van der Waals surface area contributed by atoms with Crippen molar-refractivity contribution in [1.82, 2.24) is 29.4 Å². The molecule has 648 valence electrons. The minimum atomic E-state index is 0. The second kappa shape index (κ2) is 47.8. The summed E-state index contributed by atoms with van der Waals surface area (Å²) in [5, 5.41) is 82.7. The number of benzene rings is 8. The maximum atomic E-state index is 13.8. The third-order valence-electron chi connectivity index (χ3n) is 20.7. The van der Waals surface area contributed by atoms with Gasteiger partial charge in [0.05, 0.1) is 0 Å². The SMILES string of the molecule is Cc1cc(CN2CCN(Cc3cc(C)cc(CC(C)(C)C)c3[O-])CCN(Cc3cc(C)cc(CC(C)(C)C)c3[O-])CC2)c([O-])c(CC(C)(C)C)c1.Cc1cc(CN2CCN(Cc3cc(C)cc(CC(C)(C)C)c3[O-])CCN(Cc3cc(C)cc(CC(C)(C)C)c3[O-])CC2)c([O-])c(CC(C)(C)C)c1.[O-2].[O-2].[U].[U].c1ccccc1.c1ccccc1. The molecule has 16 heteroatoms. The monoisotopic (exact) mass is 2060 g/mol. The zero-order valence-corrected chi connectivity index (χ0v) is 85.1. The van der Waals surface area contributed by atoms with Crippen molar-refractivity contribution in [2.75, 3.05) is 78.5 Å². The Hall–Kier alpha value is -5.66. The summed E-state index contributed by atoms with van der Waals surface area (Å²) in [6.07, 6.45) is 4.49. The largest absolute Gasteiger partial charge is 2.00 e. The summed E-state index contributed by atoms with van der Waals surface area (Å²) in [7, 11) is 0. The third kappa shape index (κ3) is 38.0. The zero-order chi connectivity index (χ0) is 84.3. The number of hydrogen-bond donors (Lipinski definition) is 0. The molecule has 118 heavy (non-hydrogen) atoms. The van der Waals surface area contributed by atoms with Gasteiger partial charge in [-0.3, -0.25) is 29.4 Å². The van der Waals surface area contributed by atoms with Crippen molar-refractivity contribution < 1.29 is 104 Å². The van der Waals surface area contributed by atoms with Gasteiger partial charge in [-0.15, -0.1) is 34.5 Å². The van der Waals surface area contributed by atoms with Gasteiger partial charge in [0.25, 0.3) is 0 Å². The molecule has 0 N–H and O–H groups in total. The Morgan fingerprint density at radius 2 is 0.288 bits per heavy atom. The summed E-state index contributed by atoms with van der Waals surface area (Å²) in [5.74, 6) is 0.963. The van der Waals surface area contributed by atoms with Crippen LogP contribution in [0.15, 0.2) is 146 Å². The Bertz CT molecular complexity index is 3600. The van der Waals surface area contributed by atoms with Crippen LogP contribution in [0.1, 0.15) is 225 Å². The molecule has 2 aliphatic rings. The van der Waals surface area contributed by atoms with Gasteiger partial charge in [-0.2, -0.15) is 0 Å². The van der Waals surface area contributed by atoms with Crippen LogP contribution in [0.5, 0.6) is 34.5 Å². The molecule has 2 heterocycles. The molecule has 0 spiro atoms. The van der Waals surface area contributed by atoms with Crippen LogP contribution in [-0.4, -0.2) is 108 Å². The fourth-order valence-corrected chi connectivity index (χ4v) is 16.0. The van der Waals surface area contributed by atoms with E-state index >= 15 is 0 Å². The van der Waals surface area contributed by atoms with Gasteiger partial charge >= 0.3 is 0 Å². The van der Waals surface area contributed by atoms with Crippen LogP contribution >= 0.6 is 0 Å². The maximum absolute atomic E-state index is 13.8. The molecular formula is C102H144N6O8U2-10. The van der Waals surface area contributed by atoms with E-state index in [1.807, 2.05) is 72.8 Å². The number of hydrogen-bond acceptors (Lipinski definition) is 12. The Labute approximate surface area is 762 Å². The van der Waals surface area contributed by atoms with Gasteiger partial charge in [0.15, 0.2) is 0 Å². The molecule has 0 saturated carbocycles. The molecule has 0 atom stereocenters. The summed E-state index contributed by atoms with van der Waals surface area (Å²) < 4.78 is 0. The molecule has 2 aliphatic heterocycles. The molecule has 0 bridgehead atoms. The smallest absolute Gasteiger partial charge is 0.0228 e. The minimum Gasteiger partial charge on any atom is -2.00 e. The van der Waals surface area contributed by atoms with E-state index in [4.69, 9.17) is 0 Å². The quantitative estimate of drug-likeness (QED) is 0.0784. The van der Waals surface area contributed by atoms with Crippen LogP contribution in [0.2, 0.25) is 0 Å². The van der Waals surface area contributed by atoms with Crippen LogP contribution < -0.4 is 30.6 Å². The van der Waals surface area contributed by atoms with Gasteiger partial charge in [0.1, 0.15) is 0 Å². The molecule has 0 amide bonds. The summed E-state index contributed by atoms with van der Waals surface area (Å²) >= 11 is 0. The van der Waals surface area contributed by atoms with E-state index in [-0.39, 0.29) is 140 Å². The summed E-state index contributed by atoms with van der Waals surface area (Å²) in [5.41, 5.74) is 17.4. The van der Waals surface area contributed by atoms with E-state index in [9.17, 15) is 30.6 Å². The van der Waals surface area contributed by atoms with Crippen molar-refractivity contribution in [3.63, 3.8) is 0 Å². The number of rotatable bonds is 18. The summed E-state index contributed by atoms with van der Waals surface area (Å²) in [4.78, 5) is 14.4. The van der Waals surface area contributed by atoms with Crippen molar-refractivity contribution in [3.8, 4) is 34.5 Å².